The Balaban J connectivity index is 1.49. The highest BCUT2D eigenvalue weighted by Crippen LogP contribution is 2.29. The highest BCUT2D eigenvalue weighted by Gasteiger charge is 2.28. The number of benzene rings is 2. The van der Waals surface area contributed by atoms with Crippen molar-refractivity contribution in [1.82, 2.24) is 15.2 Å². The molecule has 1 N–H and O–H groups in total. The molecule has 170 valence electrons. The van der Waals surface area contributed by atoms with Crippen molar-refractivity contribution in [3.8, 4) is 0 Å². The minimum absolute atomic E-state index is 0.162. The summed E-state index contributed by atoms with van der Waals surface area (Å²) in [5.74, 6) is -0.197. The van der Waals surface area contributed by atoms with Crippen LogP contribution in [-0.2, 0) is 29.5 Å². The summed E-state index contributed by atoms with van der Waals surface area (Å²) in [6, 6.07) is 15.3. The van der Waals surface area contributed by atoms with E-state index in [1.165, 1.54) is 0 Å². The summed E-state index contributed by atoms with van der Waals surface area (Å²) in [7, 11) is -1.58. The van der Waals surface area contributed by atoms with Gasteiger partial charge in [0.15, 0.2) is 9.84 Å². The van der Waals surface area contributed by atoms with E-state index in [2.05, 4.69) is 10.3 Å². The predicted octanol–water partition coefficient (Wildman–Crippen LogP) is 2.99. The van der Waals surface area contributed by atoms with Gasteiger partial charge in [-0.3, -0.25) is 14.7 Å². The summed E-state index contributed by atoms with van der Waals surface area (Å²) < 4.78 is 23.3. The Morgan fingerprint density at radius 3 is 2.39 bits per heavy atom. The maximum absolute atomic E-state index is 12.9. The number of anilines is 1. The average molecular weight is 465 g/mol. The second-order valence-electron chi connectivity index (χ2n) is 8.00. The standard InChI is InChI=1S/C24H24N4O4S/c1-27-22-8-5-19(23(29)26-14-17-9-11-25-12-10-17)13-20(22)16-28(24(27)30)15-18-3-6-21(7-4-18)33(2,31)32/h3-13H,14-16H2,1-2H3,(H,26,29). The van der Waals surface area contributed by atoms with Gasteiger partial charge in [0.05, 0.1) is 10.6 Å². The largest absolute Gasteiger partial charge is 0.348 e. The van der Waals surface area contributed by atoms with E-state index < -0.39 is 9.84 Å². The normalized spacial score (nSPS) is 13.6. The second-order valence-corrected chi connectivity index (χ2v) is 10.0. The first-order valence-electron chi connectivity index (χ1n) is 10.3. The topological polar surface area (TPSA) is 99.7 Å². The zero-order chi connectivity index (χ0) is 23.6. The Morgan fingerprint density at radius 2 is 1.73 bits per heavy atom. The van der Waals surface area contributed by atoms with Crippen LogP contribution in [0.4, 0.5) is 10.5 Å². The van der Waals surface area contributed by atoms with Gasteiger partial charge in [-0.2, -0.15) is 0 Å². The number of carbonyl (C=O) groups is 2. The number of pyridine rings is 1. The number of aromatic nitrogens is 1. The van der Waals surface area contributed by atoms with E-state index in [1.807, 2.05) is 12.1 Å². The van der Waals surface area contributed by atoms with Gasteiger partial charge >= 0.3 is 6.03 Å². The van der Waals surface area contributed by atoms with Crippen molar-refractivity contribution >= 4 is 27.5 Å². The first kappa shape index (κ1) is 22.5. The van der Waals surface area contributed by atoms with Gasteiger partial charge in [0.2, 0.25) is 0 Å². The fourth-order valence-corrected chi connectivity index (χ4v) is 4.37. The molecule has 1 aromatic heterocycles. The summed E-state index contributed by atoms with van der Waals surface area (Å²) >= 11 is 0. The Kier molecular flexibility index (Phi) is 6.15. The van der Waals surface area contributed by atoms with Crippen LogP contribution in [0.2, 0.25) is 0 Å². The summed E-state index contributed by atoms with van der Waals surface area (Å²) in [5.41, 5.74) is 3.91. The van der Waals surface area contributed by atoms with Crippen LogP contribution < -0.4 is 10.2 Å². The minimum Gasteiger partial charge on any atom is -0.348 e. The molecule has 2 aromatic carbocycles. The lowest BCUT2D eigenvalue weighted by Crippen LogP contribution is -2.44. The molecule has 0 saturated heterocycles. The number of fused-ring (bicyclic) bond motifs is 1. The SMILES string of the molecule is CN1C(=O)N(Cc2ccc(S(C)(=O)=O)cc2)Cc2cc(C(=O)NCc3ccncc3)ccc21. The number of nitrogens with one attached hydrogen (secondary N) is 1. The molecule has 1 aliphatic rings. The Hall–Kier alpha value is -3.72. The third kappa shape index (κ3) is 5.04. The zero-order valence-corrected chi connectivity index (χ0v) is 19.2. The third-order valence-electron chi connectivity index (χ3n) is 5.55. The van der Waals surface area contributed by atoms with Crippen molar-refractivity contribution < 1.29 is 18.0 Å². The number of urea groups is 1. The van der Waals surface area contributed by atoms with Crippen molar-refractivity contribution in [1.29, 1.82) is 0 Å². The van der Waals surface area contributed by atoms with Crippen molar-refractivity contribution in [2.75, 3.05) is 18.2 Å². The second kappa shape index (κ2) is 9.03. The van der Waals surface area contributed by atoms with Gasteiger partial charge in [0.25, 0.3) is 5.91 Å². The van der Waals surface area contributed by atoms with E-state index in [4.69, 9.17) is 0 Å². The van der Waals surface area contributed by atoms with Crippen LogP contribution in [0, 0.1) is 0 Å². The average Bonchev–Trinajstić information content (AvgIpc) is 2.81. The summed E-state index contributed by atoms with van der Waals surface area (Å²) in [4.78, 5) is 33.0. The van der Waals surface area contributed by atoms with E-state index in [1.54, 1.807) is 71.7 Å². The van der Waals surface area contributed by atoms with Crippen LogP contribution in [0.25, 0.3) is 0 Å². The lowest BCUT2D eigenvalue weighted by molar-refractivity contribution is 0.0950. The van der Waals surface area contributed by atoms with E-state index in [0.29, 0.717) is 25.2 Å². The Morgan fingerprint density at radius 1 is 1.03 bits per heavy atom. The van der Waals surface area contributed by atoms with Crippen molar-refractivity contribution in [3.05, 3.63) is 89.2 Å². The van der Waals surface area contributed by atoms with Crippen LogP contribution in [0.3, 0.4) is 0 Å². The molecule has 1 aliphatic heterocycles. The lowest BCUT2D eigenvalue weighted by atomic mass is 10.0. The Bertz CT molecular complexity index is 1290. The smallest absolute Gasteiger partial charge is 0.324 e. The van der Waals surface area contributed by atoms with Gasteiger partial charge in [-0.25, -0.2) is 13.2 Å². The number of hydrogen-bond acceptors (Lipinski definition) is 5. The molecule has 33 heavy (non-hydrogen) atoms. The predicted molar refractivity (Wildman–Crippen MR) is 124 cm³/mol. The van der Waals surface area contributed by atoms with Crippen molar-refractivity contribution in [2.24, 2.45) is 0 Å². The molecule has 3 aromatic rings. The molecule has 2 heterocycles. The lowest BCUT2D eigenvalue weighted by Gasteiger charge is -2.35. The number of carbonyl (C=O) groups excluding carboxylic acids is 2. The molecule has 9 heteroatoms. The number of hydrogen-bond donors (Lipinski definition) is 1. The van der Waals surface area contributed by atoms with Gasteiger partial charge < -0.3 is 10.2 Å². The quantitative estimate of drug-likeness (QED) is 0.605. The molecule has 0 fully saturated rings. The van der Waals surface area contributed by atoms with Crippen LogP contribution >= 0.6 is 0 Å². The first-order chi connectivity index (χ1) is 15.7. The zero-order valence-electron chi connectivity index (χ0n) is 18.4. The molecule has 3 amide bonds. The number of rotatable bonds is 6. The van der Waals surface area contributed by atoms with Crippen LogP contribution in [0.1, 0.15) is 27.0 Å². The maximum Gasteiger partial charge on any atom is 0.324 e. The number of nitrogens with zero attached hydrogens (tertiary/aromatic N) is 3. The molecule has 0 radical (unpaired) electrons. The van der Waals surface area contributed by atoms with Gasteiger partial charge in [0, 0.05) is 50.9 Å². The van der Waals surface area contributed by atoms with Crippen molar-refractivity contribution in [3.63, 3.8) is 0 Å². The monoisotopic (exact) mass is 464 g/mol. The van der Waals surface area contributed by atoms with Crippen LogP contribution in [-0.4, -0.2) is 43.5 Å². The molecule has 4 rings (SSSR count). The summed E-state index contributed by atoms with van der Waals surface area (Å²) in [5, 5.41) is 2.90. The number of sulfone groups is 1. The van der Waals surface area contributed by atoms with E-state index in [0.717, 1.165) is 28.6 Å². The molecule has 0 saturated carbocycles. The third-order valence-corrected chi connectivity index (χ3v) is 6.68. The van der Waals surface area contributed by atoms with Crippen LogP contribution in [0.15, 0.2) is 71.9 Å². The molecule has 0 atom stereocenters. The Labute approximate surface area is 192 Å². The molecule has 0 unspecified atom stereocenters. The fourth-order valence-electron chi connectivity index (χ4n) is 3.74. The van der Waals surface area contributed by atoms with Crippen LogP contribution in [0.5, 0.6) is 0 Å². The summed E-state index contributed by atoms with van der Waals surface area (Å²) in [6.07, 6.45) is 4.51. The molecule has 0 bridgehead atoms. The van der Waals surface area contributed by atoms with Gasteiger partial charge in [-0.15, -0.1) is 0 Å². The molecule has 0 aliphatic carbocycles. The fraction of sp³-hybridized carbons (Fsp3) is 0.208. The molecule has 0 spiro atoms. The molecule has 8 nitrogen and oxygen atoms in total. The van der Waals surface area contributed by atoms with Gasteiger partial charge in [-0.1, -0.05) is 12.1 Å². The first-order valence-corrected chi connectivity index (χ1v) is 12.2. The highest BCUT2D eigenvalue weighted by atomic mass is 32.2. The summed E-state index contributed by atoms with van der Waals surface area (Å²) in [6.45, 7) is 1.06. The maximum atomic E-state index is 12.9. The van der Waals surface area contributed by atoms with E-state index in [-0.39, 0.29) is 16.8 Å². The number of amides is 3. The minimum atomic E-state index is -3.28. The van der Waals surface area contributed by atoms with Gasteiger partial charge in [0.1, 0.15) is 0 Å². The van der Waals surface area contributed by atoms with Gasteiger partial charge in [-0.05, 0) is 59.2 Å². The van der Waals surface area contributed by atoms with Crippen molar-refractivity contribution in [2.45, 2.75) is 24.5 Å². The molecular weight excluding hydrogens is 440 g/mol. The van der Waals surface area contributed by atoms with E-state index in [9.17, 15) is 18.0 Å². The highest BCUT2D eigenvalue weighted by molar-refractivity contribution is 7.90. The molecular formula is C24H24N4O4S. The van der Waals surface area contributed by atoms with E-state index >= 15 is 0 Å².